The topological polar surface area (TPSA) is 20.2 Å². The van der Waals surface area contributed by atoms with E-state index in [0.29, 0.717) is 5.56 Å². The SMILES string of the molecule is CSc1ccc(C(O)c2cccc(F)c2)cc1. The molecule has 88 valence electrons. The highest BCUT2D eigenvalue weighted by Gasteiger charge is 2.10. The van der Waals surface area contributed by atoms with Crippen LogP contribution in [0, 0.1) is 5.82 Å². The lowest BCUT2D eigenvalue weighted by Crippen LogP contribution is -1.99. The molecular weight excluding hydrogens is 235 g/mol. The summed E-state index contributed by atoms with van der Waals surface area (Å²) in [6.07, 6.45) is 1.22. The van der Waals surface area contributed by atoms with Crippen molar-refractivity contribution in [2.45, 2.75) is 11.0 Å². The highest BCUT2D eigenvalue weighted by atomic mass is 32.2. The molecule has 0 bridgehead atoms. The van der Waals surface area contributed by atoms with Crippen molar-refractivity contribution in [2.75, 3.05) is 6.26 Å². The second-order valence-electron chi connectivity index (χ2n) is 3.73. The van der Waals surface area contributed by atoms with Gasteiger partial charge in [-0.2, -0.15) is 0 Å². The first-order chi connectivity index (χ1) is 8.20. The Balaban J connectivity index is 2.27. The molecule has 1 unspecified atom stereocenters. The molecule has 0 saturated heterocycles. The molecule has 2 aromatic carbocycles. The van der Waals surface area contributed by atoms with E-state index in [0.717, 1.165) is 10.5 Å². The third kappa shape index (κ3) is 2.87. The molecule has 0 heterocycles. The standard InChI is InChI=1S/C14H13FOS/c1-17-13-7-5-10(6-8-13)14(16)11-3-2-4-12(15)9-11/h2-9,14,16H,1H3. The van der Waals surface area contributed by atoms with Crippen molar-refractivity contribution in [1.29, 1.82) is 0 Å². The fraction of sp³-hybridized carbons (Fsp3) is 0.143. The zero-order valence-electron chi connectivity index (χ0n) is 9.43. The molecule has 3 heteroatoms. The van der Waals surface area contributed by atoms with E-state index in [9.17, 15) is 9.50 Å². The van der Waals surface area contributed by atoms with Gasteiger partial charge in [-0.25, -0.2) is 4.39 Å². The number of hydrogen-bond acceptors (Lipinski definition) is 2. The predicted molar refractivity (Wildman–Crippen MR) is 68.7 cm³/mol. The third-order valence-electron chi connectivity index (χ3n) is 2.60. The fourth-order valence-corrected chi connectivity index (χ4v) is 2.06. The number of hydrogen-bond donors (Lipinski definition) is 1. The van der Waals surface area contributed by atoms with E-state index in [1.165, 1.54) is 12.1 Å². The highest BCUT2D eigenvalue weighted by molar-refractivity contribution is 7.98. The first-order valence-electron chi connectivity index (χ1n) is 5.28. The quantitative estimate of drug-likeness (QED) is 0.837. The van der Waals surface area contributed by atoms with Crippen LogP contribution in [-0.4, -0.2) is 11.4 Å². The van der Waals surface area contributed by atoms with Gasteiger partial charge in [-0.3, -0.25) is 0 Å². The minimum atomic E-state index is -0.776. The Hall–Kier alpha value is -1.32. The van der Waals surface area contributed by atoms with Crippen molar-refractivity contribution in [2.24, 2.45) is 0 Å². The monoisotopic (exact) mass is 248 g/mol. The van der Waals surface area contributed by atoms with Gasteiger partial charge in [0, 0.05) is 4.90 Å². The summed E-state index contributed by atoms with van der Waals surface area (Å²) in [5.41, 5.74) is 1.34. The van der Waals surface area contributed by atoms with Gasteiger partial charge < -0.3 is 5.11 Å². The van der Waals surface area contributed by atoms with Crippen LogP contribution >= 0.6 is 11.8 Å². The first kappa shape index (κ1) is 12.1. The molecule has 0 aromatic heterocycles. The van der Waals surface area contributed by atoms with Gasteiger partial charge in [-0.1, -0.05) is 24.3 Å². The Labute approximate surface area is 104 Å². The molecule has 0 saturated carbocycles. The van der Waals surface area contributed by atoms with Crippen LogP contribution in [0.1, 0.15) is 17.2 Å². The summed E-state index contributed by atoms with van der Waals surface area (Å²) in [4.78, 5) is 1.14. The summed E-state index contributed by atoms with van der Waals surface area (Å²) < 4.78 is 13.0. The van der Waals surface area contributed by atoms with E-state index in [1.807, 2.05) is 30.5 Å². The van der Waals surface area contributed by atoms with Gasteiger partial charge in [-0.15, -0.1) is 11.8 Å². The molecule has 1 nitrogen and oxygen atoms in total. The summed E-state index contributed by atoms with van der Waals surface area (Å²) in [6, 6.07) is 13.7. The van der Waals surface area contributed by atoms with E-state index in [1.54, 1.807) is 23.9 Å². The van der Waals surface area contributed by atoms with Crippen molar-refractivity contribution in [3.63, 3.8) is 0 Å². The summed E-state index contributed by atoms with van der Waals surface area (Å²) >= 11 is 1.65. The van der Waals surface area contributed by atoms with Crippen molar-refractivity contribution < 1.29 is 9.50 Å². The Morgan fingerprint density at radius 1 is 1.06 bits per heavy atom. The Bertz CT molecular complexity index is 496. The predicted octanol–water partition coefficient (Wildman–Crippen LogP) is 3.63. The van der Waals surface area contributed by atoms with Crippen LogP contribution in [0.2, 0.25) is 0 Å². The van der Waals surface area contributed by atoms with Crippen molar-refractivity contribution in [3.05, 3.63) is 65.5 Å². The second-order valence-corrected chi connectivity index (χ2v) is 4.61. The molecule has 0 spiro atoms. The van der Waals surface area contributed by atoms with Crippen molar-refractivity contribution in [1.82, 2.24) is 0 Å². The Morgan fingerprint density at radius 2 is 1.76 bits per heavy atom. The normalized spacial score (nSPS) is 12.4. The molecule has 0 aliphatic carbocycles. The molecule has 0 fully saturated rings. The first-order valence-corrected chi connectivity index (χ1v) is 6.50. The van der Waals surface area contributed by atoms with Crippen LogP contribution in [0.15, 0.2) is 53.4 Å². The minimum absolute atomic E-state index is 0.331. The van der Waals surface area contributed by atoms with Crippen LogP contribution in [0.5, 0.6) is 0 Å². The van der Waals surface area contributed by atoms with Gasteiger partial charge in [0.2, 0.25) is 0 Å². The number of aliphatic hydroxyl groups excluding tert-OH is 1. The maximum Gasteiger partial charge on any atom is 0.123 e. The molecule has 0 aliphatic heterocycles. The lowest BCUT2D eigenvalue weighted by molar-refractivity contribution is 0.219. The van der Waals surface area contributed by atoms with Gasteiger partial charge in [0.1, 0.15) is 11.9 Å². The van der Waals surface area contributed by atoms with Gasteiger partial charge in [0.25, 0.3) is 0 Å². The van der Waals surface area contributed by atoms with Gasteiger partial charge in [0.15, 0.2) is 0 Å². The maximum absolute atomic E-state index is 13.0. The lowest BCUT2D eigenvalue weighted by Gasteiger charge is -2.11. The summed E-state index contributed by atoms with van der Waals surface area (Å²) in [6.45, 7) is 0. The molecule has 0 aliphatic rings. The molecule has 1 atom stereocenters. The zero-order valence-corrected chi connectivity index (χ0v) is 10.2. The number of thioether (sulfide) groups is 1. The summed E-state index contributed by atoms with van der Waals surface area (Å²) in [5.74, 6) is -0.331. The second kappa shape index (κ2) is 5.34. The summed E-state index contributed by atoms with van der Waals surface area (Å²) in [5, 5.41) is 10.1. The van der Waals surface area contributed by atoms with Crippen LogP contribution in [0.25, 0.3) is 0 Å². The molecule has 17 heavy (non-hydrogen) atoms. The van der Waals surface area contributed by atoms with Crippen LogP contribution in [-0.2, 0) is 0 Å². The third-order valence-corrected chi connectivity index (χ3v) is 3.34. The van der Waals surface area contributed by atoms with Crippen LogP contribution in [0.4, 0.5) is 4.39 Å². The van der Waals surface area contributed by atoms with E-state index in [4.69, 9.17) is 0 Å². The fourth-order valence-electron chi connectivity index (χ4n) is 1.66. The lowest BCUT2D eigenvalue weighted by atomic mass is 10.0. The van der Waals surface area contributed by atoms with Crippen molar-refractivity contribution >= 4 is 11.8 Å². The molecule has 1 N–H and O–H groups in total. The molecular formula is C14H13FOS. The maximum atomic E-state index is 13.0. The molecule has 2 rings (SSSR count). The molecule has 0 amide bonds. The van der Waals surface area contributed by atoms with E-state index < -0.39 is 6.10 Å². The van der Waals surface area contributed by atoms with Crippen molar-refractivity contribution in [3.8, 4) is 0 Å². The number of halogens is 1. The van der Waals surface area contributed by atoms with Gasteiger partial charge in [-0.05, 0) is 41.6 Å². The zero-order chi connectivity index (χ0) is 12.3. The highest BCUT2D eigenvalue weighted by Crippen LogP contribution is 2.24. The number of benzene rings is 2. The van der Waals surface area contributed by atoms with Gasteiger partial charge in [0.05, 0.1) is 0 Å². The molecule has 2 aromatic rings. The van der Waals surface area contributed by atoms with E-state index in [-0.39, 0.29) is 5.82 Å². The largest absolute Gasteiger partial charge is 0.384 e. The van der Waals surface area contributed by atoms with E-state index in [2.05, 4.69) is 0 Å². The Morgan fingerprint density at radius 3 is 2.35 bits per heavy atom. The van der Waals surface area contributed by atoms with Gasteiger partial charge >= 0.3 is 0 Å². The van der Waals surface area contributed by atoms with E-state index >= 15 is 0 Å². The van der Waals surface area contributed by atoms with Crippen LogP contribution < -0.4 is 0 Å². The Kier molecular flexibility index (Phi) is 3.82. The number of aliphatic hydroxyl groups is 1. The average molecular weight is 248 g/mol. The average Bonchev–Trinajstić information content (AvgIpc) is 2.38. The summed E-state index contributed by atoms with van der Waals surface area (Å²) in [7, 11) is 0. The van der Waals surface area contributed by atoms with Crippen LogP contribution in [0.3, 0.4) is 0 Å². The minimum Gasteiger partial charge on any atom is -0.384 e. The number of rotatable bonds is 3. The smallest absolute Gasteiger partial charge is 0.123 e. The molecule has 0 radical (unpaired) electrons.